The molecule has 244 valence electrons. The predicted molar refractivity (Wildman–Crippen MR) is 181 cm³/mol. The highest BCUT2D eigenvalue weighted by Gasteiger charge is 2.19. The van der Waals surface area contributed by atoms with E-state index in [9.17, 15) is 14.4 Å². The molecule has 0 aliphatic carbocycles. The topological polar surface area (TPSA) is 90.9 Å². The van der Waals surface area contributed by atoms with Crippen molar-refractivity contribution in [1.82, 2.24) is 8.97 Å². The summed E-state index contributed by atoms with van der Waals surface area (Å²) >= 11 is 0. The monoisotopic (exact) mass is 620 g/mol. The van der Waals surface area contributed by atoms with Gasteiger partial charge in [0.2, 0.25) is 0 Å². The number of hydrogen-bond donors (Lipinski definition) is 0. The van der Waals surface area contributed by atoms with E-state index in [1.54, 1.807) is 0 Å². The van der Waals surface area contributed by atoms with Crippen LogP contribution in [0.1, 0.15) is 68.7 Å². The van der Waals surface area contributed by atoms with Crippen molar-refractivity contribution in [3.63, 3.8) is 0 Å². The van der Waals surface area contributed by atoms with Crippen LogP contribution in [0.2, 0.25) is 0 Å². The Bertz CT molecular complexity index is 1060. The van der Waals surface area contributed by atoms with E-state index >= 15 is 0 Å². The Balaban J connectivity index is 0.000000675. The molecule has 0 spiro atoms. The number of nitrogens with zero attached hydrogens (tertiary/aromatic N) is 2. The number of phosphoric ester groups is 1. The van der Waals surface area contributed by atoms with E-state index in [0.717, 1.165) is 46.1 Å². The Morgan fingerprint density at radius 1 is 0.721 bits per heavy atom. The first kappa shape index (κ1) is 40.9. The number of hydrogen-bond acceptors (Lipinski definition) is 6. The van der Waals surface area contributed by atoms with Gasteiger partial charge in [-0.15, -0.1) is 0 Å². The van der Waals surface area contributed by atoms with Crippen molar-refractivity contribution < 1.29 is 28.3 Å². The summed E-state index contributed by atoms with van der Waals surface area (Å²) in [5.41, 5.74) is 7.45. The van der Waals surface area contributed by atoms with Gasteiger partial charge in [0, 0.05) is 43.1 Å². The molecule has 0 saturated carbocycles. The molecule has 0 radical (unpaired) electrons. The van der Waals surface area contributed by atoms with E-state index in [1.165, 1.54) is 42.3 Å². The minimum atomic E-state index is -4.67. The quantitative estimate of drug-likeness (QED) is 0.120. The van der Waals surface area contributed by atoms with Crippen molar-refractivity contribution in [1.29, 1.82) is 0 Å². The van der Waals surface area contributed by atoms with Crippen LogP contribution in [0.4, 0.5) is 11.4 Å². The summed E-state index contributed by atoms with van der Waals surface area (Å²) < 4.78 is 26.2. The molecule has 0 aromatic heterocycles. The van der Waals surface area contributed by atoms with Crippen molar-refractivity contribution >= 4 is 31.3 Å². The fraction of sp³-hybridized carbons (Fsp3) is 0.529. The van der Waals surface area contributed by atoms with E-state index in [4.69, 9.17) is 9.47 Å². The molecule has 8 nitrogen and oxygen atoms in total. The van der Waals surface area contributed by atoms with Crippen molar-refractivity contribution in [2.24, 2.45) is 0 Å². The van der Waals surface area contributed by atoms with Gasteiger partial charge in [0.15, 0.2) is 0 Å². The highest BCUT2D eigenvalue weighted by Crippen LogP contribution is 2.27. The van der Waals surface area contributed by atoms with Crippen LogP contribution in [0.25, 0.3) is 12.2 Å². The third kappa shape index (κ3) is 18.3. The van der Waals surface area contributed by atoms with Crippen LogP contribution in [0.3, 0.4) is 0 Å². The molecule has 0 saturated heterocycles. The lowest BCUT2D eigenvalue weighted by Gasteiger charge is -2.27. The second-order valence-electron chi connectivity index (χ2n) is 11.9. The standard InChI is InChI=1S/2C16H26NO.C2H7O4P/c2*1-6-8-11-18-13-15-10-9-14(7-2)12-16(15)17(3,4)5;1-2-6-7(3,4)5/h2*7,9-10,12H,2,6,8,11,13H2,1,3-5H3;2H2,1H3,(H2,3,4,5)/q2*+1;/p-2. The zero-order valence-corrected chi connectivity index (χ0v) is 29.1. The zero-order valence-electron chi connectivity index (χ0n) is 28.2. The van der Waals surface area contributed by atoms with Gasteiger partial charge in [0.1, 0.15) is 11.4 Å². The Morgan fingerprint density at radius 3 is 1.33 bits per heavy atom. The molecule has 0 bridgehead atoms. The molecule has 0 N–H and O–H groups in total. The molecule has 0 fully saturated rings. The molecular formula is C34H57N2O6P. The van der Waals surface area contributed by atoms with Gasteiger partial charge in [-0.05, 0) is 30.9 Å². The summed E-state index contributed by atoms with van der Waals surface area (Å²) in [6.07, 6.45) is 8.39. The highest BCUT2D eigenvalue weighted by molar-refractivity contribution is 7.43. The summed E-state index contributed by atoms with van der Waals surface area (Å²) in [4.78, 5) is 19.0. The Labute approximate surface area is 262 Å². The molecule has 0 aliphatic heterocycles. The lowest BCUT2D eigenvalue weighted by Crippen LogP contribution is -2.36. The summed E-state index contributed by atoms with van der Waals surface area (Å²) in [5.74, 6) is 0. The maximum atomic E-state index is 9.48. The average Bonchev–Trinajstić information content (AvgIpc) is 2.92. The Hall–Kier alpha value is -2.13. The average molecular weight is 621 g/mol. The number of phosphoric acid groups is 1. The van der Waals surface area contributed by atoms with Gasteiger partial charge < -0.3 is 28.3 Å². The third-order valence-electron chi connectivity index (χ3n) is 6.22. The fourth-order valence-corrected chi connectivity index (χ4v) is 4.24. The van der Waals surface area contributed by atoms with Gasteiger partial charge in [-0.25, -0.2) is 0 Å². The largest absolute Gasteiger partial charge is 0.790 e. The second kappa shape index (κ2) is 20.8. The van der Waals surface area contributed by atoms with Crippen LogP contribution in [0.15, 0.2) is 49.6 Å². The first-order valence-corrected chi connectivity index (χ1v) is 16.5. The normalized spacial score (nSPS) is 11.6. The summed E-state index contributed by atoms with van der Waals surface area (Å²) in [6.45, 7) is 16.5. The number of quaternary nitrogens is 2. The van der Waals surface area contributed by atoms with Crippen molar-refractivity contribution in [2.45, 2.75) is 59.7 Å². The number of ether oxygens (including phenoxy) is 2. The molecule has 43 heavy (non-hydrogen) atoms. The van der Waals surface area contributed by atoms with Crippen LogP contribution < -0.4 is 18.8 Å². The molecule has 9 heteroatoms. The highest BCUT2D eigenvalue weighted by atomic mass is 31.2. The number of rotatable bonds is 16. The summed E-state index contributed by atoms with van der Waals surface area (Å²) in [5, 5.41) is 0. The van der Waals surface area contributed by atoms with Crippen molar-refractivity contribution in [3.05, 3.63) is 71.8 Å². The van der Waals surface area contributed by atoms with E-state index < -0.39 is 7.82 Å². The van der Waals surface area contributed by atoms with E-state index in [2.05, 4.69) is 110 Å². The van der Waals surface area contributed by atoms with E-state index in [0.29, 0.717) is 13.2 Å². The van der Waals surface area contributed by atoms with Crippen LogP contribution in [-0.2, 0) is 31.8 Å². The fourth-order valence-electron chi connectivity index (χ4n) is 3.92. The van der Waals surface area contributed by atoms with Crippen LogP contribution in [-0.4, -0.2) is 62.1 Å². The van der Waals surface area contributed by atoms with E-state index in [-0.39, 0.29) is 6.61 Å². The molecule has 0 heterocycles. The van der Waals surface area contributed by atoms with Crippen LogP contribution in [0, 0.1) is 0 Å². The van der Waals surface area contributed by atoms with Crippen LogP contribution in [0.5, 0.6) is 0 Å². The second-order valence-corrected chi connectivity index (χ2v) is 13.0. The van der Waals surface area contributed by atoms with Gasteiger partial charge in [0.05, 0.1) is 63.3 Å². The molecule has 2 aromatic carbocycles. The summed E-state index contributed by atoms with van der Waals surface area (Å²) in [6, 6.07) is 12.9. The minimum absolute atomic E-state index is 0.0791. The van der Waals surface area contributed by atoms with Crippen molar-refractivity contribution in [2.75, 3.05) is 62.1 Å². The lowest BCUT2D eigenvalue weighted by atomic mass is 10.1. The molecule has 0 atom stereocenters. The maximum Gasteiger partial charge on any atom is 0.138 e. The molecular weight excluding hydrogens is 563 g/mol. The lowest BCUT2D eigenvalue weighted by molar-refractivity contribution is -0.341. The number of benzene rings is 2. The predicted octanol–water partition coefficient (Wildman–Crippen LogP) is 6.54. The molecule has 0 aliphatic rings. The van der Waals surface area contributed by atoms with Crippen molar-refractivity contribution in [3.8, 4) is 0 Å². The molecule has 2 rings (SSSR count). The SMILES string of the molecule is C=Cc1ccc(COCCCC)c([N+](C)(C)C)c1.C=Cc1ccc(COCCCC)c([N+](C)(C)C)c1.CCOP(=O)([O-])[O-]. The van der Waals surface area contributed by atoms with Crippen LogP contribution >= 0.6 is 7.82 Å². The Morgan fingerprint density at radius 2 is 1.09 bits per heavy atom. The zero-order chi connectivity index (χ0) is 33.1. The first-order chi connectivity index (χ1) is 20.0. The van der Waals surface area contributed by atoms with Gasteiger partial charge in [-0.2, -0.15) is 0 Å². The van der Waals surface area contributed by atoms with Gasteiger partial charge in [-0.3, -0.25) is 8.97 Å². The van der Waals surface area contributed by atoms with E-state index in [1.807, 2.05) is 12.2 Å². The maximum absolute atomic E-state index is 9.48. The molecule has 0 amide bonds. The van der Waals surface area contributed by atoms with Gasteiger partial charge in [-0.1, -0.05) is 76.3 Å². The Kier molecular flexibility index (Phi) is 19.7. The van der Waals surface area contributed by atoms with Gasteiger partial charge in [0.25, 0.3) is 0 Å². The molecule has 0 unspecified atom stereocenters. The summed E-state index contributed by atoms with van der Waals surface area (Å²) in [7, 11) is 8.40. The minimum Gasteiger partial charge on any atom is -0.790 e. The first-order valence-electron chi connectivity index (χ1n) is 15.0. The molecule has 2 aromatic rings. The third-order valence-corrected chi connectivity index (χ3v) is 6.80. The number of unbranched alkanes of at least 4 members (excludes halogenated alkanes) is 2. The van der Waals surface area contributed by atoms with Gasteiger partial charge >= 0.3 is 0 Å². The smallest absolute Gasteiger partial charge is 0.138 e.